The highest BCUT2D eigenvalue weighted by Crippen LogP contribution is 2.76. The van der Waals surface area contributed by atoms with Gasteiger partial charge in [-0.05, 0) is 12.1 Å². The van der Waals surface area contributed by atoms with Gasteiger partial charge in [0.05, 0.1) is 34.7 Å². The maximum absolute atomic E-state index is 13.1. The molecule has 2 aliphatic rings. The smallest absolute Gasteiger partial charge is 0.309 e. The Kier molecular flexibility index (Phi) is 5.29. The van der Waals surface area contributed by atoms with Crippen LogP contribution in [0.1, 0.15) is 0 Å². The average Bonchev–Trinajstić information content (AvgIpc) is 2.82. The fourth-order valence-corrected chi connectivity index (χ4v) is 6.52. The van der Waals surface area contributed by atoms with Crippen molar-refractivity contribution in [1.29, 1.82) is 0 Å². The Morgan fingerprint density at radius 3 is 2.07 bits per heavy atom. The molecule has 1 aromatic carbocycles. The maximum Gasteiger partial charge on any atom is 0.309 e. The Bertz CT molecular complexity index is 874. The van der Waals surface area contributed by atoms with Crippen molar-refractivity contribution in [3.05, 3.63) is 34.3 Å². The van der Waals surface area contributed by atoms with Crippen molar-refractivity contribution < 1.29 is 19.4 Å². The quantitative estimate of drug-likeness (QED) is 0.591. The van der Waals surface area contributed by atoms with E-state index in [-0.39, 0.29) is 10.1 Å². The van der Waals surface area contributed by atoms with Gasteiger partial charge in [0.25, 0.3) is 0 Å². The van der Waals surface area contributed by atoms with E-state index in [1.807, 2.05) is 0 Å². The monoisotopic (exact) mass is 491 g/mol. The number of nitrogens with one attached hydrogen (secondary N) is 1. The van der Waals surface area contributed by atoms with Crippen LogP contribution >= 0.6 is 69.6 Å². The van der Waals surface area contributed by atoms with Crippen LogP contribution in [0.4, 0.5) is 5.69 Å². The molecule has 1 amide bonds. The molecule has 4 atom stereocenters. The highest BCUT2D eigenvalue weighted by atomic mass is 35.5. The second-order valence-corrected chi connectivity index (χ2v) is 9.38. The van der Waals surface area contributed by atoms with Crippen LogP contribution in [0.3, 0.4) is 0 Å². The first-order valence-corrected chi connectivity index (χ1v) is 9.71. The number of carbonyl (C=O) groups is 2. The number of alkyl halides is 4. The molecule has 11 heteroatoms. The maximum atomic E-state index is 13.1. The zero-order valence-electron chi connectivity index (χ0n) is 13.4. The summed E-state index contributed by atoms with van der Waals surface area (Å²) >= 11 is 38.1. The normalized spacial score (nSPS) is 33.9. The first-order chi connectivity index (χ1) is 12.5. The van der Waals surface area contributed by atoms with Crippen LogP contribution in [0.15, 0.2) is 34.3 Å². The van der Waals surface area contributed by atoms with Crippen molar-refractivity contribution >= 4 is 87.2 Å². The minimum atomic E-state index is -2.15. The minimum absolute atomic E-state index is 0.261. The van der Waals surface area contributed by atoms with Crippen molar-refractivity contribution in [3.63, 3.8) is 0 Å². The molecule has 1 fully saturated rings. The van der Waals surface area contributed by atoms with E-state index in [2.05, 4.69) is 5.32 Å². The van der Waals surface area contributed by atoms with Crippen molar-refractivity contribution in [2.75, 3.05) is 12.4 Å². The lowest BCUT2D eigenvalue weighted by atomic mass is 9.81. The summed E-state index contributed by atoms with van der Waals surface area (Å²) in [6.07, 6.45) is 0. The number of hydrogen-bond donors (Lipinski definition) is 2. The molecule has 5 nitrogen and oxygen atoms in total. The number of carboxylic acids is 1. The molecule has 0 saturated heterocycles. The van der Waals surface area contributed by atoms with Crippen LogP contribution in [0, 0.1) is 11.8 Å². The van der Waals surface area contributed by atoms with E-state index >= 15 is 0 Å². The van der Waals surface area contributed by atoms with Gasteiger partial charge in [0.15, 0.2) is 4.33 Å². The van der Waals surface area contributed by atoms with Crippen LogP contribution in [-0.2, 0) is 9.59 Å². The number of ether oxygens (including phenoxy) is 1. The summed E-state index contributed by atoms with van der Waals surface area (Å²) in [5.74, 6) is -5.02. The number of amides is 1. The molecular weight excluding hydrogens is 483 g/mol. The van der Waals surface area contributed by atoms with Crippen LogP contribution in [0.25, 0.3) is 0 Å². The van der Waals surface area contributed by atoms with Crippen LogP contribution in [0.2, 0.25) is 0 Å². The Hall–Kier alpha value is -0.560. The van der Waals surface area contributed by atoms with Gasteiger partial charge in [-0.2, -0.15) is 0 Å². The lowest BCUT2D eigenvalue weighted by Crippen LogP contribution is -2.47. The second kappa shape index (κ2) is 6.75. The Labute approximate surface area is 184 Å². The van der Waals surface area contributed by atoms with Crippen LogP contribution in [0.5, 0.6) is 5.75 Å². The summed E-state index contributed by atoms with van der Waals surface area (Å²) < 4.78 is 3.02. The van der Waals surface area contributed by atoms with E-state index < -0.39 is 37.8 Å². The molecule has 0 spiro atoms. The van der Waals surface area contributed by atoms with E-state index in [1.54, 1.807) is 24.3 Å². The molecular formula is C16H11Cl6NO4. The number of para-hydroxylation sites is 2. The number of aliphatic carboxylic acids is 1. The van der Waals surface area contributed by atoms with Crippen molar-refractivity contribution in [2.24, 2.45) is 11.8 Å². The summed E-state index contributed by atoms with van der Waals surface area (Å²) in [6, 6.07) is 6.53. The number of allylic oxidation sites excluding steroid dienone is 2. The van der Waals surface area contributed by atoms with Gasteiger partial charge in [0.1, 0.15) is 15.5 Å². The van der Waals surface area contributed by atoms with E-state index in [1.165, 1.54) is 7.11 Å². The third-order valence-electron chi connectivity index (χ3n) is 4.85. The number of methoxy groups -OCH3 is 1. The standard InChI is InChI=1S/C16H11Cl6NO4/c1-27-7-5-3-2-4-6(7)23-12(24)8-9(13(25)26)15(20)11(18)10(17)14(8,19)16(15,21)22/h2-5,8-9H,1H3,(H,23,24)(H,25,26). The summed E-state index contributed by atoms with van der Waals surface area (Å²) in [6.45, 7) is 0. The summed E-state index contributed by atoms with van der Waals surface area (Å²) in [7, 11) is 1.42. The molecule has 1 saturated carbocycles. The molecule has 2 aliphatic carbocycles. The van der Waals surface area contributed by atoms with E-state index in [0.29, 0.717) is 11.4 Å². The SMILES string of the molecule is COc1ccccc1NC(=O)C1C(C(=O)O)C2(Cl)C(Cl)=C(Cl)C1(Cl)C2(Cl)Cl. The third-order valence-corrected chi connectivity index (χ3v) is 9.11. The Morgan fingerprint density at radius 2 is 1.56 bits per heavy atom. The molecule has 1 aromatic rings. The van der Waals surface area contributed by atoms with Crippen molar-refractivity contribution in [3.8, 4) is 5.75 Å². The zero-order valence-corrected chi connectivity index (χ0v) is 17.9. The Balaban J connectivity index is 2.12. The van der Waals surface area contributed by atoms with Crippen LogP contribution < -0.4 is 10.1 Å². The average molecular weight is 494 g/mol. The van der Waals surface area contributed by atoms with Gasteiger partial charge >= 0.3 is 5.97 Å². The van der Waals surface area contributed by atoms with Gasteiger partial charge in [0.2, 0.25) is 5.91 Å². The summed E-state index contributed by atoms with van der Waals surface area (Å²) in [5, 5.41) is 11.8. The molecule has 2 N–H and O–H groups in total. The molecule has 3 rings (SSSR count). The highest BCUT2D eigenvalue weighted by molar-refractivity contribution is 6.66. The topological polar surface area (TPSA) is 75.6 Å². The largest absolute Gasteiger partial charge is 0.495 e. The van der Waals surface area contributed by atoms with E-state index in [0.717, 1.165) is 0 Å². The number of fused-ring (bicyclic) bond motifs is 2. The molecule has 0 heterocycles. The number of halogens is 6. The molecule has 2 bridgehead atoms. The molecule has 0 radical (unpaired) electrons. The predicted molar refractivity (Wildman–Crippen MR) is 107 cm³/mol. The summed E-state index contributed by atoms with van der Waals surface area (Å²) in [4.78, 5) is 20.9. The fraction of sp³-hybridized carbons (Fsp3) is 0.375. The van der Waals surface area contributed by atoms with Gasteiger partial charge in [-0.1, -0.05) is 58.5 Å². The number of anilines is 1. The number of carbonyl (C=O) groups excluding carboxylic acids is 1. The number of rotatable bonds is 4. The molecule has 0 aromatic heterocycles. The zero-order chi connectivity index (χ0) is 20.4. The molecule has 0 aliphatic heterocycles. The number of benzene rings is 1. The first-order valence-electron chi connectivity index (χ1n) is 7.44. The molecule has 4 unspecified atom stereocenters. The Morgan fingerprint density at radius 1 is 1.04 bits per heavy atom. The van der Waals surface area contributed by atoms with E-state index in [9.17, 15) is 14.7 Å². The molecule has 27 heavy (non-hydrogen) atoms. The van der Waals surface area contributed by atoms with Crippen molar-refractivity contribution in [1.82, 2.24) is 0 Å². The number of hydrogen-bond acceptors (Lipinski definition) is 3. The van der Waals surface area contributed by atoms with E-state index in [4.69, 9.17) is 74.3 Å². The van der Waals surface area contributed by atoms with Gasteiger partial charge in [-0.3, -0.25) is 9.59 Å². The van der Waals surface area contributed by atoms with Gasteiger partial charge in [0, 0.05) is 0 Å². The lowest BCUT2D eigenvalue weighted by Gasteiger charge is -2.33. The second-order valence-electron chi connectivity index (χ2n) is 6.11. The van der Waals surface area contributed by atoms with Gasteiger partial charge < -0.3 is 15.2 Å². The lowest BCUT2D eigenvalue weighted by molar-refractivity contribution is -0.146. The number of carboxylic acid groups (broad SMARTS) is 1. The van der Waals surface area contributed by atoms with Crippen molar-refractivity contribution in [2.45, 2.75) is 14.1 Å². The summed E-state index contributed by atoms with van der Waals surface area (Å²) in [5.41, 5.74) is 0.293. The first kappa shape index (κ1) is 21.2. The predicted octanol–water partition coefficient (Wildman–Crippen LogP) is 4.80. The highest BCUT2D eigenvalue weighted by Gasteiger charge is 2.85. The minimum Gasteiger partial charge on any atom is -0.495 e. The molecule has 146 valence electrons. The van der Waals surface area contributed by atoms with Gasteiger partial charge in [-0.15, -0.1) is 23.2 Å². The fourth-order valence-electron chi connectivity index (χ4n) is 3.59. The van der Waals surface area contributed by atoms with Gasteiger partial charge in [-0.25, -0.2) is 0 Å². The van der Waals surface area contributed by atoms with Crippen LogP contribution in [-0.4, -0.2) is 38.2 Å². The third kappa shape index (κ3) is 2.52.